The summed E-state index contributed by atoms with van der Waals surface area (Å²) in [4.78, 5) is 26.3. The summed E-state index contributed by atoms with van der Waals surface area (Å²) in [7, 11) is 1.67. The van der Waals surface area contributed by atoms with Crippen molar-refractivity contribution in [1.82, 2.24) is 9.13 Å². The molecule has 0 aliphatic heterocycles. The van der Waals surface area contributed by atoms with Gasteiger partial charge in [0.25, 0.3) is 0 Å². The van der Waals surface area contributed by atoms with E-state index in [0.29, 0.717) is 18.0 Å². The Morgan fingerprint density at radius 2 is 2.10 bits per heavy atom. The number of nitrogens with zero attached hydrogens (tertiary/aromatic N) is 5. The minimum atomic E-state index is -0.651. The fraction of sp³-hybridized carbons (Fsp3) is 0.429. The van der Waals surface area contributed by atoms with Crippen molar-refractivity contribution in [1.29, 1.82) is 0 Å². The zero-order valence-electron chi connectivity index (χ0n) is 12.3. The van der Waals surface area contributed by atoms with Crippen molar-refractivity contribution in [2.45, 2.75) is 26.8 Å². The molecule has 0 radical (unpaired) electrons. The number of carbonyl (C=O) groups is 1. The van der Waals surface area contributed by atoms with Crippen LogP contribution in [0.15, 0.2) is 28.1 Å². The summed E-state index contributed by atoms with van der Waals surface area (Å²) >= 11 is 0. The lowest BCUT2D eigenvalue weighted by molar-refractivity contribution is 0.100. The van der Waals surface area contributed by atoms with Gasteiger partial charge in [0.1, 0.15) is 0 Å². The van der Waals surface area contributed by atoms with Crippen LogP contribution in [0.1, 0.15) is 30.6 Å². The van der Waals surface area contributed by atoms with Crippen molar-refractivity contribution in [2.75, 3.05) is 0 Å². The van der Waals surface area contributed by atoms with Crippen LogP contribution in [0.2, 0.25) is 0 Å². The Morgan fingerprint density at radius 1 is 1.38 bits per heavy atom. The Bertz CT molecular complexity index is 794. The van der Waals surface area contributed by atoms with Gasteiger partial charge in [-0.1, -0.05) is 13.8 Å². The molecule has 0 N–H and O–H groups in total. The monoisotopic (exact) mass is 287 g/mol. The number of azide groups is 1. The van der Waals surface area contributed by atoms with E-state index in [1.165, 1.54) is 4.57 Å². The first kappa shape index (κ1) is 14.9. The maximum absolute atomic E-state index is 12.3. The van der Waals surface area contributed by atoms with E-state index in [-0.39, 0.29) is 11.3 Å². The summed E-state index contributed by atoms with van der Waals surface area (Å²) in [6.45, 7) is 4.84. The molecule has 7 nitrogen and oxygen atoms in total. The molecule has 7 heteroatoms. The molecule has 0 aliphatic rings. The summed E-state index contributed by atoms with van der Waals surface area (Å²) in [6.07, 6.45) is 0.901. The van der Waals surface area contributed by atoms with Crippen molar-refractivity contribution in [3.05, 3.63) is 44.7 Å². The van der Waals surface area contributed by atoms with Crippen LogP contribution in [-0.4, -0.2) is 15.0 Å². The molecule has 0 atom stereocenters. The molecule has 0 fully saturated rings. The predicted octanol–water partition coefficient (Wildman–Crippen LogP) is 2.84. The van der Waals surface area contributed by atoms with E-state index in [2.05, 4.69) is 23.9 Å². The summed E-state index contributed by atoms with van der Waals surface area (Å²) in [5, 5.41) is 3.07. The van der Waals surface area contributed by atoms with Crippen molar-refractivity contribution in [2.24, 2.45) is 18.1 Å². The number of carbonyl (C=O) groups excluding carboxylic acids is 1. The Balaban J connectivity index is 2.54. The highest BCUT2D eigenvalue weighted by atomic mass is 16.2. The summed E-state index contributed by atoms with van der Waals surface area (Å²) in [5.41, 5.74) is 9.91. The zero-order chi connectivity index (χ0) is 15.6. The van der Waals surface area contributed by atoms with Crippen molar-refractivity contribution in [3.63, 3.8) is 0 Å². The first-order valence-corrected chi connectivity index (χ1v) is 6.74. The first-order valence-electron chi connectivity index (χ1n) is 6.74. The second kappa shape index (κ2) is 5.85. The fourth-order valence-corrected chi connectivity index (χ4v) is 2.24. The van der Waals surface area contributed by atoms with Crippen LogP contribution in [0.25, 0.3) is 21.5 Å². The van der Waals surface area contributed by atoms with Crippen LogP contribution < -0.4 is 5.69 Å². The van der Waals surface area contributed by atoms with Gasteiger partial charge in [0.15, 0.2) is 0 Å². The molecule has 0 unspecified atom stereocenters. The molecule has 1 aromatic heterocycles. The molecule has 110 valence electrons. The standard InChI is InChI=1S/C14H17N5O2/c1-9(2)6-7-19-11-5-4-10(13(20)16-17-15)8-12(11)18(3)14(19)21/h4-5,8-9H,6-7H2,1-3H3. The highest BCUT2D eigenvalue weighted by Crippen LogP contribution is 2.17. The SMILES string of the molecule is CC(C)CCn1c(=O)n(C)c2cc(C(=O)N=[N+]=[N-])ccc21. The second-order valence-electron chi connectivity index (χ2n) is 5.37. The molecule has 0 saturated heterocycles. The first-order chi connectivity index (χ1) is 9.95. The molecule has 0 spiro atoms. The lowest BCUT2D eigenvalue weighted by Crippen LogP contribution is -2.22. The highest BCUT2D eigenvalue weighted by molar-refractivity contribution is 5.98. The van der Waals surface area contributed by atoms with Crippen molar-refractivity contribution >= 4 is 16.9 Å². The normalized spacial score (nSPS) is 10.9. The quantitative estimate of drug-likeness (QED) is 0.491. The molecular weight excluding hydrogens is 270 g/mol. The summed E-state index contributed by atoms with van der Waals surface area (Å²) < 4.78 is 3.21. The Kier molecular flexibility index (Phi) is 4.14. The minimum absolute atomic E-state index is 0.112. The number of rotatable bonds is 4. The maximum atomic E-state index is 12.3. The van der Waals surface area contributed by atoms with Gasteiger partial charge in [0.2, 0.25) is 5.91 Å². The van der Waals surface area contributed by atoms with Gasteiger partial charge in [-0.3, -0.25) is 13.9 Å². The smallest absolute Gasteiger partial charge is 0.295 e. The van der Waals surface area contributed by atoms with Gasteiger partial charge in [-0.15, -0.1) is 0 Å². The molecule has 0 bridgehead atoms. The second-order valence-corrected chi connectivity index (χ2v) is 5.37. The topological polar surface area (TPSA) is 92.8 Å². The molecule has 21 heavy (non-hydrogen) atoms. The van der Waals surface area contributed by atoms with Crippen molar-refractivity contribution < 1.29 is 4.79 Å². The molecule has 2 aromatic rings. The number of amides is 1. The van der Waals surface area contributed by atoms with E-state index >= 15 is 0 Å². The van der Waals surface area contributed by atoms with E-state index < -0.39 is 5.91 Å². The van der Waals surface area contributed by atoms with Gasteiger partial charge in [-0.05, 0) is 41.2 Å². The van der Waals surface area contributed by atoms with Gasteiger partial charge in [0, 0.05) is 24.1 Å². The molecular formula is C14H17N5O2. The predicted molar refractivity (Wildman–Crippen MR) is 80.1 cm³/mol. The fourth-order valence-electron chi connectivity index (χ4n) is 2.24. The van der Waals surface area contributed by atoms with Crippen LogP contribution in [0.4, 0.5) is 0 Å². The number of aryl methyl sites for hydroxylation is 2. The lowest BCUT2D eigenvalue weighted by Gasteiger charge is -2.06. The molecule has 1 amide bonds. The number of imidazole rings is 1. The number of aromatic nitrogens is 2. The van der Waals surface area contributed by atoms with Gasteiger partial charge in [-0.25, -0.2) is 4.79 Å². The van der Waals surface area contributed by atoms with Gasteiger partial charge in [0.05, 0.1) is 11.0 Å². The third-order valence-electron chi connectivity index (χ3n) is 3.46. The van der Waals surface area contributed by atoms with Crippen LogP contribution >= 0.6 is 0 Å². The van der Waals surface area contributed by atoms with Crippen LogP contribution in [0.3, 0.4) is 0 Å². The zero-order valence-corrected chi connectivity index (χ0v) is 12.3. The Hall–Kier alpha value is -2.53. The highest BCUT2D eigenvalue weighted by Gasteiger charge is 2.13. The van der Waals surface area contributed by atoms with E-state index in [9.17, 15) is 9.59 Å². The van der Waals surface area contributed by atoms with Crippen molar-refractivity contribution in [3.8, 4) is 0 Å². The molecule has 1 aromatic carbocycles. The number of hydrogen-bond donors (Lipinski definition) is 0. The average molecular weight is 287 g/mol. The third kappa shape index (κ3) is 2.83. The molecule has 0 aliphatic carbocycles. The Labute approximate surface area is 121 Å². The lowest BCUT2D eigenvalue weighted by atomic mass is 10.1. The van der Waals surface area contributed by atoms with E-state index in [4.69, 9.17) is 5.53 Å². The number of fused-ring (bicyclic) bond motifs is 1. The number of hydrogen-bond acceptors (Lipinski definition) is 2. The third-order valence-corrected chi connectivity index (χ3v) is 3.46. The maximum Gasteiger partial charge on any atom is 0.328 e. The minimum Gasteiger partial charge on any atom is -0.295 e. The van der Waals surface area contributed by atoms with Gasteiger partial charge in [-0.2, -0.15) is 0 Å². The summed E-state index contributed by atoms with van der Waals surface area (Å²) in [6, 6.07) is 4.88. The molecule has 1 heterocycles. The average Bonchev–Trinajstić information content (AvgIpc) is 2.69. The van der Waals surface area contributed by atoms with E-state index in [1.807, 2.05) is 0 Å². The molecule has 2 rings (SSSR count). The largest absolute Gasteiger partial charge is 0.328 e. The van der Waals surface area contributed by atoms with E-state index in [1.54, 1.807) is 29.8 Å². The van der Waals surface area contributed by atoms with E-state index in [0.717, 1.165) is 11.9 Å². The Morgan fingerprint density at radius 3 is 2.71 bits per heavy atom. The van der Waals surface area contributed by atoms with Crippen LogP contribution in [0, 0.1) is 5.92 Å². The van der Waals surface area contributed by atoms with Crippen LogP contribution in [-0.2, 0) is 13.6 Å². The number of benzene rings is 1. The molecule has 0 saturated carbocycles. The van der Waals surface area contributed by atoms with Crippen LogP contribution in [0.5, 0.6) is 0 Å². The van der Waals surface area contributed by atoms with Gasteiger partial charge >= 0.3 is 5.69 Å². The summed E-state index contributed by atoms with van der Waals surface area (Å²) in [5.74, 6) is -0.153. The van der Waals surface area contributed by atoms with Gasteiger partial charge < -0.3 is 0 Å².